The summed E-state index contributed by atoms with van der Waals surface area (Å²) in [7, 11) is 0. The van der Waals surface area contributed by atoms with E-state index in [-0.39, 0.29) is 17.7 Å². The Labute approximate surface area is 117 Å². The minimum Gasteiger partial charge on any atom is -0.508 e. The molecule has 1 amide bonds. The average molecular weight is 271 g/mol. The lowest BCUT2D eigenvalue weighted by Crippen LogP contribution is -2.39. The molecule has 104 valence electrons. The van der Waals surface area contributed by atoms with Crippen molar-refractivity contribution in [2.24, 2.45) is 0 Å². The first-order valence-electron chi connectivity index (χ1n) is 6.74. The van der Waals surface area contributed by atoms with Gasteiger partial charge in [-0.25, -0.2) is 0 Å². The minimum absolute atomic E-state index is 0.0580. The molecule has 1 atom stereocenters. The van der Waals surface area contributed by atoms with E-state index in [1.165, 1.54) is 5.56 Å². The molecule has 1 aromatic heterocycles. The molecule has 1 N–H and O–H groups in total. The number of fused-ring (bicyclic) bond motifs is 1. The van der Waals surface area contributed by atoms with E-state index in [0.717, 1.165) is 12.0 Å². The van der Waals surface area contributed by atoms with Crippen LogP contribution in [-0.2, 0) is 17.8 Å². The summed E-state index contributed by atoms with van der Waals surface area (Å²) in [5.74, 6) is 0.306. The zero-order chi connectivity index (χ0) is 14.1. The summed E-state index contributed by atoms with van der Waals surface area (Å²) in [5.41, 5.74) is 2.23. The lowest BCUT2D eigenvalue weighted by molar-refractivity contribution is -0.135. The molecule has 0 saturated carbocycles. The average Bonchev–Trinajstić information content (AvgIpc) is 2.99. The highest BCUT2D eigenvalue weighted by Crippen LogP contribution is 2.24. The highest BCUT2D eigenvalue weighted by molar-refractivity contribution is 5.80. The molecule has 0 saturated heterocycles. The fraction of sp³-hybridized carbons (Fsp3) is 0.333. The van der Waals surface area contributed by atoms with Crippen molar-refractivity contribution in [3.8, 4) is 5.75 Å². The smallest absolute Gasteiger partial charge is 0.247 e. The predicted octanol–water partition coefficient (Wildman–Crippen LogP) is 1.73. The zero-order valence-corrected chi connectivity index (χ0v) is 11.4. The van der Waals surface area contributed by atoms with E-state index in [1.807, 2.05) is 24.0 Å². The number of amides is 1. The van der Waals surface area contributed by atoms with Crippen molar-refractivity contribution in [2.45, 2.75) is 25.9 Å². The number of phenols is 1. The second kappa shape index (κ2) is 5.00. The molecule has 5 heteroatoms. The molecule has 0 aliphatic carbocycles. The van der Waals surface area contributed by atoms with E-state index >= 15 is 0 Å². The number of rotatable bonds is 2. The van der Waals surface area contributed by atoms with Crippen LogP contribution in [0.25, 0.3) is 0 Å². The highest BCUT2D eigenvalue weighted by atomic mass is 16.3. The fourth-order valence-electron chi connectivity index (χ4n) is 2.62. The topological polar surface area (TPSA) is 58.4 Å². The molecule has 1 unspecified atom stereocenters. The van der Waals surface area contributed by atoms with Gasteiger partial charge in [-0.1, -0.05) is 6.07 Å². The van der Waals surface area contributed by atoms with Crippen molar-refractivity contribution in [2.75, 3.05) is 6.54 Å². The maximum absolute atomic E-state index is 12.5. The van der Waals surface area contributed by atoms with Crippen LogP contribution in [0.15, 0.2) is 36.7 Å². The fourth-order valence-corrected chi connectivity index (χ4v) is 2.62. The van der Waals surface area contributed by atoms with Gasteiger partial charge in [-0.05, 0) is 42.7 Å². The highest BCUT2D eigenvalue weighted by Gasteiger charge is 2.25. The van der Waals surface area contributed by atoms with Crippen LogP contribution in [0.1, 0.15) is 24.1 Å². The quantitative estimate of drug-likeness (QED) is 0.905. The number of hydrogen-bond donors (Lipinski definition) is 1. The van der Waals surface area contributed by atoms with Crippen molar-refractivity contribution < 1.29 is 9.90 Å². The van der Waals surface area contributed by atoms with Crippen molar-refractivity contribution in [3.63, 3.8) is 0 Å². The Balaban J connectivity index is 1.78. The van der Waals surface area contributed by atoms with E-state index in [4.69, 9.17) is 0 Å². The molecule has 1 aliphatic rings. The van der Waals surface area contributed by atoms with Crippen molar-refractivity contribution in [1.29, 1.82) is 0 Å². The first kappa shape index (κ1) is 12.7. The standard InChI is InChI=1S/C15H17N3O2/c1-11(18-7-2-6-16-18)15(20)17-8-5-12-3-4-14(19)9-13(12)10-17/h2-4,6-7,9,11,19H,5,8,10H2,1H3. The Morgan fingerprint density at radius 1 is 1.40 bits per heavy atom. The summed E-state index contributed by atoms with van der Waals surface area (Å²) in [6.45, 7) is 3.11. The third-order valence-corrected chi connectivity index (χ3v) is 3.79. The van der Waals surface area contributed by atoms with Gasteiger partial charge in [0.05, 0.1) is 0 Å². The zero-order valence-electron chi connectivity index (χ0n) is 11.4. The molecular weight excluding hydrogens is 254 g/mol. The number of carbonyl (C=O) groups is 1. The van der Waals surface area contributed by atoms with E-state index in [1.54, 1.807) is 29.2 Å². The van der Waals surface area contributed by atoms with Gasteiger partial charge in [0.25, 0.3) is 0 Å². The van der Waals surface area contributed by atoms with Crippen LogP contribution in [-0.4, -0.2) is 32.2 Å². The predicted molar refractivity (Wildman–Crippen MR) is 74.2 cm³/mol. The second-order valence-electron chi connectivity index (χ2n) is 5.12. The Bertz CT molecular complexity index is 622. The van der Waals surface area contributed by atoms with Gasteiger partial charge in [-0.2, -0.15) is 5.10 Å². The first-order valence-corrected chi connectivity index (χ1v) is 6.74. The van der Waals surface area contributed by atoms with E-state index in [0.29, 0.717) is 13.1 Å². The third kappa shape index (κ3) is 2.27. The minimum atomic E-state index is -0.302. The Morgan fingerprint density at radius 2 is 2.25 bits per heavy atom. The maximum atomic E-state index is 12.5. The number of aromatic nitrogens is 2. The maximum Gasteiger partial charge on any atom is 0.247 e. The molecule has 3 rings (SSSR count). The normalized spacial score (nSPS) is 15.8. The SMILES string of the molecule is CC(C(=O)N1CCc2ccc(O)cc2C1)n1cccn1. The molecule has 0 radical (unpaired) electrons. The number of phenolic OH excluding ortho intramolecular Hbond substituents is 1. The van der Waals surface area contributed by atoms with Gasteiger partial charge in [0.1, 0.15) is 11.8 Å². The lowest BCUT2D eigenvalue weighted by Gasteiger charge is -2.31. The van der Waals surface area contributed by atoms with Gasteiger partial charge in [0.15, 0.2) is 0 Å². The molecule has 5 nitrogen and oxygen atoms in total. The number of hydrogen-bond acceptors (Lipinski definition) is 3. The monoisotopic (exact) mass is 271 g/mol. The number of benzene rings is 1. The summed E-state index contributed by atoms with van der Waals surface area (Å²) in [6, 6.07) is 6.89. The van der Waals surface area contributed by atoms with Gasteiger partial charge in [-0.15, -0.1) is 0 Å². The summed E-state index contributed by atoms with van der Waals surface area (Å²) in [4.78, 5) is 14.3. The van der Waals surface area contributed by atoms with Crippen LogP contribution in [0.4, 0.5) is 0 Å². The van der Waals surface area contributed by atoms with Gasteiger partial charge in [-0.3, -0.25) is 9.48 Å². The van der Waals surface area contributed by atoms with Crippen molar-refractivity contribution in [1.82, 2.24) is 14.7 Å². The van der Waals surface area contributed by atoms with Gasteiger partial charge in [0.2, 0.25) is 5.91 Å². The Kier molecular flexibility index (Phi) is 3.18. The van der Waals surface area contributed by atoms with Gasteiger partial charge >= 0.3 is 0 Å². The molecule has 2 aromatic rings. The van der Waals surface area contributed by atoms with Gasteiger partial charge in [0, 0.05) is 25.5 Å². The molecular formula is C15H17N3O2. The Morgan fingerprint density at radius 3 is 3.00 bits per heavy atom. The summed E-state index contributed by atoms with van der Waals surface area (Å²) in [5, 5.41) is 13.7. The Hall–Kier alpha value is -2.30. The molecule has 0 bridgehead atoms. The van der Waals surface area contributed by atoms with Crippen LogP contribution in [0.2, 0.25) is 0 Å². The van der Waals surface area contributed by atoms with E-state index in [9.17, 15) is 9.90 Å². The van der Waals surface area contributed by atoms with E-state index in [2.05, 4.69) is 5.10 Å². The first-order chi connectivity index (χ1) is 9.65. The van der Waals surface area contributed by atoms with Gasteiger partial charge < -0.3 is 10.0 Å². The van der Waals surface area contributed by atoms with Crippen LogP contribution < -0.4 is 0 Å². The third-order valence-electron chi connectivity index (χ3n) is 3.79. The number of carbonyl (C=O) groups excluding carboxylic acids is 1. The lowest BCUT2D eigenvalue weighted by atomic mass is 9.99. The van der Waals surface area contributed by atoms with Crippen LogP contribution in [0, 0.1) is 0 Å². The van der Waals surface area contributed by atoms with Crippen LogP contribution in [0.3, 0.4) is 0 Å². The van der Waals surface area contributed by atoms with Crippen molar-refractivity contribution in [3.05, 3.63) is 47.8 Å². The number of nitrogens with zero attached hydrogens (tertiary/aromatic N) is 3. The summed E-state index contributed by atoms with van der Waals surface area (Å²) in [6.07, 6.45) is 4.30. The molecule has 2 heterocycles. The van der Waals surface area contributed by atoms with Crippen LogP contribution >= 0.6 is 0 Å². The van der Waals surface area contributed by atoms with Crippen LogP contribution in [0.5, 0.6) is 5.75 Å². The molecule has 1 aromatic carbocycles. The number of aromatic hydroxyl groups is 1. The molecule has 0 fully saturated rings. The molecule has 1 aliphatic heterocycles. The van der Waals surface area contributed by atoms with E-state index < -0.39 is 0 Å². The molecule has 20 heavy (non-hydrogen) atoms. The summed E-state index contributed by atoms with van der Waals surface area (Å²) < 4.78 is 1.67. The molecule has 0 spiro atoms. The largest absolute Gasteiger partial charge is 0.508 e. The summed E-state index contributed by atoms with van der Waals surface area (Å²) >= 11 is 0. The van der Waals surface area contributed by atoms with Crippen molar-refractivity contribution >= 4 is 5.91 Å². The second-order valence-corrected chi connectivity index (χ2v) is 5.12.